The van der Waals surface area contributed by atoms with Gasteiger partial charge in [-0.25, -0.2) is 4.79 Å². The maximum atomic E-state index is 13.4. The van der Waals surface area contributed by atoms with Crippen LogP contribution in [0.1, 0.15) is 29.9 Å². The Morgan fingerprint density at radius 2 is 1.71 bits per heavy atom. The SMILES string of the molecule is O=C(NC1(C(=O)N2CC(O)CC(C(=O)O)C2)CCOC1)OCC1c2ccccc2-c2ccccc21. The number of β-amino-alcohol motifs (C(OH)–C–C–N with tert-alkyl or cyclic N) is 1. The highest BCUT2D eigenvalue weighted by Crippen LogP contribution is 2.44. The molecule has 5 rings (SSSR count). The van der Waals surface area contributed by atoms with Gasteiger partial charge in [-0.2, -0.15) is 0 Å². The second kappa shape index (κ2) is 9.31. The zero-order valence-electron chi connectivity index (χ0n) is 19.2. The molecule has 0 saturated carbocycles. The van der Waals surface area contributed by atoms with Gasteiger partial charge in [-0.15, -0.1) is 0 Å². The molecular formula is C26H28N2O7. The van der Waals surface area contributed by atoms with E-state index in [-0.39, 0.29) is 51.7 Å². The normalized spacial score (nSPS) is 25.6. The van der Waals surface area contributed by atoms with Gasteiger partial charge in [0.25, 0.3) is 5.91 Å². The average Bonchev–Trinajstić information content (AvgIpc) is 3.45. The van der Waals surface area contributed by atoms with Crippen LogP contribution in [0.15, 0.2) is 48.5 Å². The predicted molar refractivity (Wildman–Crippen MR) is 125 cm³/mol. The van der Waals surface area contributed by atoms with Crippen molar-refractivity contribution in [3.05, 3.63) is 59.7 Å². The highest BCUT2D eigenvalue weighted by molar-refractivity contribution is 5.91. The summed E-state index contributed by atoms with van der Waals surface area (Å²) in [5.74, 6) is -2.51. The Kier molecular flexibility index (Phi) is 6.21. The summed E-state index contributed by atoms with van der Waals surface area (Å²) in [5.41, 5.74) is 3.04. The second-order valence-corrected chi connectivity index (χ2v) is 9.47. The molecule has 35 heavy (non-hydrogen) atoms. The molecule has 9 nitrogen and oxygen atoms in total. The molecule has 2 fully saturated rings. The van der Waals surface area contributed by atoms with Crippen LogP contribution in [-0.2, 0) is 19.1 Å². The molecule has 2 saturated heterocycles. The van der Waals surface area contributed by atoms with E-state index >= 15 is 0 Å². The van der Waals surface area contributed by atoms with E-state index in [2.05, 4.69) is 17.4 Å². The van der Waals surface area contributed by atoms with Gasteiger partial charge in [0.1, 0.15) is 12.1 Å². The number of carboxylic acids is 1. The standard InChI is InChI=1S/C26H28N2O7/c29-17-11-16(23(30)31)12-28(13-17)24(32)26(9-10-34-15-26)27-25(33)35-14-22-20-7-3-1-5-18(20)19-6-2-4-8-21(19)22/h1-8,16-17,22,29H,9-15H2,(H,27,33)(H,30,31). The van der Waals surface area contributed by atoms with Crippen LogP contribution in [0.25, 0.3) is 11.1 Å². The number of piperidine rings is 1. The summed E-state index contributed by atoms with van der Waals surface area (Å²) in [4.78, 5) is 39.1. The van der Waals surface area contributed by atoms with E-state index in [0.29, 0.717) is 0 Å². The molecule has 2 aromatic carbocycles. The smallest absolute Gasteiger partial charge is 0.408 e. The van der Waals surface area contributed by atoms with E-state index in [1.54, 1.807) is 0 Å². The summed E-state index contributed by atoms with van der Waals surface area (Å²) < 4.78 is 11.1. The van der Waals surface area contributed by atoms with Crippen molar-refractivity contribution in [3.8, 4) is 11.1 Å². The Hall–Kier alpha value is -3.43. The number of rotatable bonds is 5. The number of fused-ring (bicyclic) bond motifs is 3. The molecular weight excluding hydrogens is 452 g/mol. The zero-order chi connectivity index (χ0) is 24.6. The fourth-order valence-electron chi connectivity index (χ4n) is 5.44. The minimum absolute atomic E-state index is 0.0106. The number of ether oxygens (including phenoxy) is 2. The Bertz CT molecular complexity index is 1100. The first-order valence-corrected chi connectivity index (χ1v) is 11.8. The van der Waals surface area contributed by atoms with Crippen LogP contribution in [0.3, 0.4) is 0 Å². The maximum Gasteiger partial charge on any atom is 0.408 e. The molecule has 2 amide bonds. The Balaban J connectivity index is 1.29. The zero-order valence-corrected chi connectivity index (χ0v) is 19.2. The van der Waals surface area contributed by atoms with Crippen molar-refractivity contribution in [3.63, 3.8) is 0 Å². The van der Waals surface area contributed by atoms with Crippen molar-refractivity contribution in [2.45, 2.75) is 30.4 Å². The number of hydrogen-bond donors (Lipinski definition) is 3. The molecule has 0 aromatic heterocycles. The number of amides is 2. The largest absolute Gasteiger partial charge is 0.481 e. The fraction of sp³-hybridized carbons (Fsp3) is 0.423. The first-order valence-electron chi connectivity index (χ1n) is 11.8. The third-order valence-corrected chi connectivity index (χ3v) is 7.18. The lowest BCUT2D eigenvalue weighted by atomic mass is 9.91. The molecule has 184 valence electrons. The van der Waals surface area contributed by atoms with E-state index in [9.17, 15) is 24.6 Å². The number of aliphatic hydroxyl groups is 1. The molecule has 3 unspecified atom stereocenters. The van der Waals surface area contributed by atoms with Crippen LogP contribution >= 0.6 is 0 Å². The molecule has 1 aliphatic carbocycles. The summed E-state index contributed by atoms with van der Waals surface area (Å²) in [5, 5.41) is 22.2. The molecule has 0 radical (unpaired) electrons. The quantitative estimate of drug-likeness (QED) is 0.598. The van der Waals surface area contributed by atoms with E-state index < -0.39 is 35.5 Å². The van der Waals surface area contributed by atoms with Gasteiger partial charge in [0.15, 0.2) is 0 Å². The topological polar surface area (TPSA) is 125 Å². The average molecular weight is 481 g/mol. The second-order valence-electron chi connectivity index (χ2n) is 9.47. The summed E-state index contributed by atoms with van der Waals surface area (Å²) in [6.45, 7) is 0.319. The van der Waals surface area contributed by atoms with Crippen LogP contribution in [-0.4, -0.2) is 77.6 Å². The molecule has 9 heteroatoms. The number of carbonyl (C=O) groups excluding carboxylic acids is 2. The van der Waals surface area contributed by atoms with Crippen LogP contribution in [0, 0.1) is 5.92 Å². The van der Waals surface area contributed by atoms with Crippen LogP contribution in [0.4, 0.5) is 4.79 Å². The molecule has 3 N–H and O–H groups in total. The number of nitrogens with one attached hydrogen (secondary N) is 1. The third kappa shape index (κ3) is 4.37. The van der Waals surface area contributed by atoms with Crippen LogP contribution in [0.2, 0.25) is 0 Å². The van der Waals surface area contributed by atoms with E-state index in [4.69, 9.17) is 9.47 Å². The molecule has 3 atom stereocenters. The Labute approximate surface area is 202 Å². The molecule has 2 aromatic rings. The lowest BCUT2D eigenvalue weighted by molar-refractivity contribution is -0.151. The molecule has 3 aliphatic rings. The van der Waals surface area contributed by atoms with Crippen molar-refractivity contribution < 1.29 is 34.1 Å². The first-order chi connectivity index (χ1) is 16.9. The number of carbonyl (C=O) groups is 3. The Morgan fingerprint density at radius 1 is 1.06 bits per heavy atom. The minimum Gasteiger partial charge on any atom is -0.481 e. The summed E-state index contributed by atoms with van der Waals surface area (Å²) in [7, 11) is 0. The monoisotopic (exact) mass is 480 g/mol. The third-order valence-electron chi connectivity index (χ3n) is 7.18. The lowest BCUT2D eigenvalue weighted by Crippen LogP contribution is -2.63. The summed E-state index contributed by atoms with van der Waals surface area (Å²) >= 11 is 0. The van der Waals surface area contributed by atoms with Gasteiger partial charge >= 0.3 is 12.1 Å². The van der Waals surface area contributed by atoms with Crippen molar-refractivity contribution in [2.24, 2.45) is 5.92 Å². The van der Waals surface area contributed by atoms with Gasteiger partial charge in [0, 0.05) is 32.0 Å². The van der Waals surface area contributed by atoms with E-state index in [1.165, 1.54) is 4.90 Å². The number of nitrogens with zero attached hydrogens (tertiary/aromatic N) is 1. The van der Waals surface area contributed by atoms with Crippen molar-refractivity contribution in [1.29, 1.82) is 0 Å². The van der Waals surface area contributed by atoms with Gasteiger partial charge < -0.3 is 29.9 Å². The van der Waals surface area contributed by atoms with Crippen LogP contribution in [0.5, 0.6) is 0 Å². The summed E-state index contributed by atoms with van der Waals surface area (Å²) in [6.07, 6.45) is -1.36. The molecule has 2 heterocycles. The van der Waals surface area contributed by atoms with Crippen molar-refractivity contribution in [2.75, 3.05) is 32.9 Å². The number of alkyl carbamates (subject to hydrolysis) is 1. The first kappa shape index (κ1) is 23.3. The summed E-state index contributed by atoms with van der Waals surface area (Å²) in [6, 6.07) is 16.0. The van der Waals surface area contributed by atoms with Gasteiger partial charge in [-0.3, -0.25) is 9.59 Å². The lowest BCUT2D eigenvalue weighted by Gasteiger charge is -2.39. The number of aliphatic carboxylic acids is 1. The number of benzene rings is 2. The fourth-order valence-corrected chi connectivity index (χ4v) is 5.44. The van der Waals surface area contributed by atoms with E-state index in [0.717, 1.165) is 22.3 Å². The highest BCUT2D eigenvalue weighted by Gasteiger charge is 2.48. The van der Waals surface area contributed by atoms with Gasteiger partial charge in [-0.1, -0.05) is 48.5 Å². The minimum atomic E-state index is -1.36. The molecule has 0 spiro atoms. The number of hydrogen-bond acceptors (Lipinski definition) is 6. The van der Waals surface area contributed by atoms with Gasteiger partial charge in [-0.05, 0) is 28.7 Å². The van der Waals surface area contributed by atoms with Gasteiger partial charge in [0.2, 0.25) is 0 Å². The van der Waals surface area contributed by atoms with Crippen LogP contribution < -0.4 is 5.32 Å². The van der Waals surface area contributed by atoms with Crippen molar-refractivity contribution in [1.82, 2.24) is 10.2 Å². The Morgan fingerprint density at radius 3 is 2.31 bits per heavy atom. The van der Waals surface area contributed by atoms with E-state index in [1.807, 2.05) is 36.4 Å². The number of carboxylic acid groups (broad SMARTS) is 1. The molecule has 2 aliphatic heterocycles. The predicted octanol–water partition coefficient (Wildman–Crippen LogP) is 1.98. The maximum absolute atomic E-state index is 13.4. The van der Waals surface area contributed by atoms with Gasteiger partial charge in [0.05, 0.1) is 18.6 Å². The number of likely N-dealkylation sites (tertiary alicyclic amines) is 1. The molecule has 0 bridgehead atoms. The highest BCUT2D eigenvalue weighted by atomic mass is 16.6. The number of aliphatic hydroxyl groups excluding tert-OH is 1. The van der Waals surface area contributed by atoms with Crippen molar-refractivity contribution >= 4 is 18.0 Å².